The number of imidazole rings is 1. The minimum absolute atomic E-state index is 0.0516. The Balaban J connectivity index is 1.45. The molecule has 0 aliphatic carbocycles. The molecule has 13 heteroatoms. The van der Waals surface area contributed by atoms with Crippen molar-refractivity contribution >= 4 is 34.5 Å². The molecule has 2 aromatic carbocycles. The summed E-state index contributed by atoms with van der Waals surface area (Å²) in [6.07, 6.45) is -1.59. The van der Waals surface area contributed by atoms with E-state index in [1.165, 1.54) is 10.6 Å². The van der Waals surface area contributed by atoms with E-state index in [9.17, 15) is 13.9 Å². The number of nitrogens with zero attached hydrogens (tertiary/aromatic N) is 3. The van der Waals surface area contributed by atoms with Crippen molar-refractivity contribution in [2.24, 2.45) is 0 Å². The summed E-state index contributed by atoms with van der Waals surface area (Å²) in [4.78, 5) is 9.69. The van der Waals surface area contributed by atoms with Crippen LogP contribution in [0.2, 0.25) is 25.7 Å². The average molecular weight is 647 g/mol. The number of aliphatic hydroxyl groups is 1. The number of nitrogens with one attached hydrogen (secondary N) is 1. The molecule has 1 saturated heterocycles. The van der Waals surface area contributed by atoms with Gasteiger partial charge in [-0.05, 0) is 35.6 Å². The second kappa shape index (κ2) is 12.3. The molecule has 3 atom stereocenters. The lowest BCUT2D eigenvalue weighted by atomic mass is 10.0. The monoisotopic (exact) mass is 646 g/mol. The van der Waals surface area contributed by atoms with Gasteiger partial charge in [-0.2, -0.15) is 13.8 Å². The number of rotatable bonds is 11. The highest BCUT2D eigenvalue weighted by molar-refractivity contribution is 8.00. The summed E-state index contributed by atoms with van der Waals surface area (Å²) in [5.41, 5.74) is 2.76. The van der Waals surface area contributed by atoms with Gasteiger partial charge in [-0.15, -0.1) is 9.41 Å². The minimum atomic E-state index is -3.46. The van der Waals surface area contributed by atoms with E-state index in [1.54, 1.807) is 18.4 Å². The van der Waals surface area contributed by atoms with Crippen molar-refractivity contribution in [1.29, 1.82) is 4.78 Å². The zero-order valence-corrected chi connectivity index (χ0v) is 27.0. The summed E-state index contributed by atoms with van der Waals surface area (Å²) in [6.45, 7) is 5.66. The molecule has 0 bridgehead atoms. The molecule has 0 amide bonds. The molecule has 44 heavy (non-hydrogen) atoms. The van der Waals surface area contributed by atoms with Crippen LogP contribution in [-0.4, -0.2) is 77.8 Å². The summed E-state index contributed by atoms with van der Waals surface area (Å²) < 4.78 is 71.3. The maximum Gasteiger partial charge on any atom is 0.314 e. The Morgan fingerprint density at radius 1 is 1.09 bits per heavy atom. The molecule has 4 aromatic rings. The van der Waals surface area contributed by atoms with E-state index >= 15 is 4.39 Å². The van der Waals surface area contributed by atoms with Crippen LogP contribution < -0.4 is 4.74 Å². The first kappa shape index (κ1) is 32.2. The second-order valence-electron chi connectivity index (χ2n) is 12.3. The molecule has 3 heterocycles. The van der Waals surface area contributed by atoms with Crippen LogP contribution in [0, 0.1) is 10.6 Å². The van der Waals surface area contributed by atoms with Gasteiger partial charge in [0.15, 0.2) is 17.6 Å². The van der Waals surface area contributed by atoms with Crippen LogP contribution in [0.5, 0.6) is 6.01 Å². The van der Waals surface area contributed by atoms with Crippen LogP contribution >= 0.6 is 0 Å². The van der Waals surface area contributed by atoms with Gasteiger partial charge < -0.3 is 19.3 Å². The summed E-state index contributed by atoms with van der Waals surface area (Å²) in [6, 6.07) is 16.8. The van der Waals surface area contributed by atoms with Crippen molar-refractivity contribution in [1.82, 2.24) is 14.5 Å². The van der Waals surface area contributed by atoms with Gasteiger partial charge in [0.05, 0.1) is 18.7 Å². The summed E-state index contributed by atoms with van der Waals surface area (Å²) in [7, 11) is -3.22. The van der Waals surface area contributed by atoms with Gasteiger partial charge in [0.25, 0.3) is 0 Å². The SMILES string of the molecule is C=S(C)(=N)c1ccc(-c2ccc(-c3nc4nc(O[C@@H]5CO[C@H](CO)C5(F)F)n(COCC[Si](C)(C)C)c4cc3F)cc2)cc1. The Kier molecular flexibility index (Phi) is 8.98. The minimum Gasteiger partial charge on any atom is -0.452 e. The van der Waals surface area contributed by atoms with Gasteiger partial charge in [0, 0.05) is 31.2 Å². The Labute approximate surface area is 256 Å². The molecule has 2 aromatic heterocycles. The molecule has 236 valence electrons. The van der Waals surface area contributed by atoms with E-state index in [1.807, 2.05) is 36.4 Å². The van der Waals surface area contributed by atoms with Crippen molar-refractivity contribution in [2.75, 3.05) is 26.1 Å². The fraction of sp³-hybridized carbons (Fsp3) is 0.387. The molecule has 1 aliphatic heterocycles. The lowest BCUT2D eigenvalue weighted by Crippen LogP contribution is -2.43. The number of ether oxygens (including phenoxy) is 3. The van der Waals surface area contributed by atoms with Crippen molar-refractivity contribution in [3.05, 3.63) is 60.4 Å². The highest BCUT2D eigenvalue weighted by Crippen LogP contribution is 2.36. The van der Waals surface area contributed by atoms with Crippen molar-refractivity contribution in [2.45, 2.75) is 55.4 Å². The lowest BCUT2D eigenvalue weighted by Gasteiger charge is -2.22. The highest BCUT2D eigenvalue weighted by Gasteiger charge is 2.55. The van der Waals surface area contributed by atoms with E-state index in [2.05, 4.69) is 35.5 Å². The van der Waals surface area contributed by atoms with Crippen molar-refractivity contribution in [3.8, 4) is 28.4 Å². The highest BCUT2D eigenvalue weighted by atomic mass is 32.2. The predicted molar refractivity (Wildman–Crippen MR) is 170 cm³/mol. The summed E-state index contributed by atoms with van der Waals surface area (Å²) in [5.74, 6) is -0.149. The number of aromatic nitrogens is 3. The maximum absolute atomic E-state index is 15.6. The molecule has 0 saturated carbocycles. The maximum atomic E-state index is 15.6. The van der Waals surface area contributed by atoms with Crippen LogP contribution in [0.15, 0.2) is 59.5 Å². The number of halogens is 3. The Morgan fingerprint density at radius 2 is 1.70 bits per heavy atom. The number of aliphatic hydroxyl groups excluding tert-OH is 1. The predicted octanol–water partition coefficient (Wildman–Crippen LogP) is 6.33. The van der Waals surface area contributed by atoms with E-state index in [4.69, 9.17) is 19.0 Å². The second-order valence-corrected chi connectivity index (χ2v) is 20.6. The van der Waals surface area contributed by atoms with Gasteiger partial charge >= 0.3 is 11.9 Å². The Bertz CT molecular complexity index is 1740. The van der Waals surface area contributed by atoms with Crippen molar-refractivity contribution in [3.63, 3.8) is 0 Å². The molecular weight excluding hydrogens is 610 g/mol. The summed E-state index contributed by atoms with van der Waals surface area (Å²) >= 11 is 0. The summed E-state index contributed by atoms with van der Waals surface area (Å²) in [5, 5.41) is 9.30. The average Bonchev–Trinajstić information content (AvgIpc) is 3.44. The topological polar surface area (TPSA) is 102 Å². The fourth-order valence-corrected chi connectivity index (χ4v) is 6.26. The van der Waals surface area contributed by atoms with Gasteiger partial charge in [-0.1, -0.05) is 61.9 Å². The molecule has 0 radical (unpaired) electrons. The number of pyridine rings is 1. The van der Waals surface area contributed by atoms with Gasteiger partial charge in [0.2, 0.25) is 0 Å². The largest absolute Gasteiger partial charge is 0.452 e. The van der Waals surface area contributed by atoms with E-state index in [0.717, 1.165) is 22.1 Å². The number of benzene rings is 2. The quantitative estimate of drug-likeness (QED) is 0.112. The first-order valence-corrected chi connectivity index (χ1v) is 20.1. The van der Waals surface area contributed by atoms with Gasteiger partial charge in [-0.25, -0.2) is 9.37 Å². The lowest BCUT2D eigenvalue weighted by molar-refractivity contribution is -0.119. The molecule has 5 rings (SSSR count). The molecule has 1 aliphatic rings. The van der Waals surface area contributed by atoms with E-state index in [0.29, 0.717) is 12.2 Å². The molecule has 0 spiro atoms. The normalized spacial score (nSPS) is 19.7. The van der Waals surface area contributed by atoms with Crippen LogP contribution in [-0.2, 0) is 25.6 Å². The standard InChI is InChI=1S/C31H37F3N4O4SSi/c1-43(2,35)23-12-10-21(11-13-23)20-6-8-22(9-7-20)28-24(32)16-25-29(36-28)37-30(38(25)19-40-14-15-44(3,4)5)42-27-18-41-26(17-39)31(27,33)34/h6-13,16,26-27,35,39H,1,14-15,17-19H2,2-5H3/t26-,27-,43?/m1/s1. The molecule has 8 nitrogen and oxygen atoms in total. The van der Waals surface area contributed by atoms with Gasteiger partial charge in [-0.3, -0.25) is 9.35 Å². The number of fused-ring (bicyclic) bond motifs is 1. The van der Waals surface area contributed by atoms with Crippen LogP contribution in [0.25, 0.3) is 33.5 Å². The Morgan fingerprint density at radius 3 is 2.27 bits per heavy atom. The first-order chi connectivity index (χ1) is 20.7. The third kappa shape index (κ3) is 6.86. The number of hydrogen-bond donors (Lipinski definition) is 2. The van der Waals surface area contributed by atoms with Crippen LogP contribution in [0.4, 0.5) is 13.2 Å². The first-order valence-electron chi connectivity index (χ1n) is 14.2. The molecule has 1 fully saturated rings. The smallest absolute Gasteiger partial charge is 0.314 e. The third-order valence-electron chi connectivity index (χ3n) is 7.46. The fourth-order valence-electron chi connectivity index (χ4n) is 4.77. The third-order valence-corrected chi connectivity index (χ3v) is 10.5. The van der Waals surface area contributed by atoms with E-state index in [-0.39, 0.29) is 29.6 Å². The number of alkyl halides is 2. The molecule has 1 unspecified atom stereocenters. The Hall–Kier alpha value is -3.23. The molecular formula is C31H37F3N4O4SSi. The van der Waals surface area contributed by atoms with Gasteiger partial charge in [0.1, 0.15) is 18.5 Å². The van der Waals surface area contributed by atoms with Crippen LogP contribution in [0.3, 0.4) is 0 Å². The zero-order valence-electron chi connectivity index (χ0n) is 25.1. The van der Waals surface area contributed by atoms with Crippen molar-refractivity contribution < 1.29 is 32.5 Å². The molecule has 2 N–H and O–H groups in total. The van der Waals surface area contributed by atoms with E-state index < -0.39 is 54.6 Å². The number of hydrogen-bond acceptors (Lipinski definition) is 7. The zero-order chi connectivity index (χ0) is 31.9. The van der Waals surface area contributed by atoms with Crippen LogP contribution in [0.1, 0.15) is 0 Å².